The highest BCUT2D eigenvalue weighted by atomic mass is 16.5. The fourth-order valence-electron chi connectivity index (χ4n) is 2.90. The molecule has 1 amide bonds. The van der Waals surface area contributed by atoms with E-state index in [1.54, 1.807) is 35.4 Å². The molecule has 23 heavy (non-hydrogen) atoms. The molecule has 120 valence electrons. The number of hydrogen-bond donors (Lipinski definition) is 0. The second kappa shape index (κ2) is 6.73. The summed E-state index contributed by atoms with van der Waals surface area (Å²) in [6, 6.07) is 7.07. The summed E-state index contributed by atoms with van der Waals surface area (Å²) in [5.41, 5.74) is 1.23. The molecule has 0 spiro atoms. The number of likely N-dealkylation sites (tertiary alicyclic amines) is 1. The minimum atomic E-state index is -0.181. The van der Waals surface area contributed by atoms with Crippen LogP contribution in [0.2, 0.25) is 0 Å². The Morgan fingerprint density at radius 3 is 2.96 bits per heavy atom. The van der Waals surface area contributed by atoms with Gasteiger partial charge in [-0.2, -0.15) is 0 Å². The van der Waals surface area contributed by atoms with Gasteiger partial charge in [0.15, 0.2) is 5.78 Å². The normalized spacial score (nSPS) is 18.0. The summed E-state index contributed by atoms with van der Waals surface area (Å²) >= 11 is 0. The predicted molar refractivity (Wildman–Crippen MR) is 82.8 cm³/mol. The van der Waals surface area contributed by atoms with E-state index in [4.69, 9.17) is 4.52 Å². The van der Waals surface area contributed by atoms with Crippen molar-refractivity contribution < 1.29 is 14.1 Å². The largest absolute Gasteiger partial charge is 0.361 e. The average Bonchev–Trinajstić information content (AvgIpc) is 3.00. The van der Waals surface area contributed by atoms with Gasteiger partial charge in [0.2, 0.25) is 5.91 Å². The van der Waals surface area contributed by atoms with Gasteiger partial charge in [0, 0.05) is 31.3 Å². The van der Waals surface area contributed by atoms with Crippen molar-refractivity contribution in [1.82, 2.24) is 15.0 Å². The summed E-state index contributed by atoms with van der Waals surface area (Å²) in [5.74, 6) is 0.364. The van der Waals surface area contributed by atoms with Crippen molar-refractivity contribution >= 4 is 11.7 Å². The molecule has 1 unspecified atom stereocenters. The highest BCUT2D eigenvalue weighted by Crippen LogP contribution is 2.21. The van der Waals surface area contributed by atoms with E-state index in [1.807, 2.05) is 6.92 Å². The lowest BCUT2D eigenvalue weighted by Gasteiger charge is -2.31. The van der Waals surface area contributed by atoms with Gasteiger partial charge in [-0.05, 0) is 31.9 Å². The van der Waals surface area contributed by atoms with Crippen LogP contribution >= 0.6 is 0 Å². The fourth-order valence-corrected chi connectivity index (χ4v) is 2.90. The highest BCUT2D eigenvalue weighted by molar-refractivity contribution is 5.96. The number of nitrogens with zero attached hydrogens (tertiary/aromatic N) is 3. The van der Waals surface area contributed by atoms with Crippen LogP contribution in [0.4, 0.5) is 0 Å². The molecule has 0 aromatic carbocycles. The SMILES string of the molecule is Cc1cc(CC(=O)N2CCCC(C(=O)c3ccccn3)C2)on1. The zero-order valence-electron chi connectivity index (χ0n) is 13.1. The van der Waals surface area contributed by atoms with E-state index in [1.165, 1.54) is 0 Å². The molecule has 1 saturated heterocycles. The van der Waals surface area contributed by atoms with Gasteiger partial charge in [-0.3, -0.25) is 14.6 Å². The molecule has 3 rings (SSSR count). The first-order chi connectivity index (χ1) is 11.1. The summed E-state index contributed by atoms with van der Waals surface area (Å²) in [7, 11) is 0. The molecule has 3 heterocycles. The highest BCUT2D eigenvalue weighted by Gasteiger charge is 2.29. The third-order valence-electron chi connectivity index (χ3n) is 4.06. The van der Waals surface area contributed by atoms with Crippen LogP contribution in [0, 0.1) is 12.8 Å². The second-order valence-corrected chi connectivity index (χ2v) is 5.87. The number of pyridine rings is 1. The van der Waals surface area contributed by atoms with Crippen LogP contribution in [0.3, 0.4) is 0 Å². The van der Waals surface area contributed by atoms with Crippen molar-refractivity contribution in [2.45, 2.75) is 26.2 Å². The Labute approximate surface area is 134 Å². The van der Waals surface area contributed by atoms with E-state index in [9.17, 15) is 9.59 Å². The van der Waals surface area contributed by atoms with Gasteiger partial charge < -0.3 is 9.42 Å². The average molecular weight is 313 g/mol. The van der Waals surface area contributed by atoms with Crippen molar-refractivity contribution in [3.05, 3.63) is 47.6 Å². The number of amides is 1. The minimum absolute atomic E-state index is 0.0126. The van der Waals surface area contributed by atoms with E-state index in [0.717, 1.165) is 18.5 Å². The third-order valence-corrected chi connectivity index (χ3v) is 4.06. The van der Waals surface area contributed by atoms with Crippen LogP contribution in [0.15, 0.2) is 35.0 Å². The molecule has 0 bridgehead atoms. The topological polar surface area (TPSA) is 76.3 Å². The van der Waals surface area contributed by atoms with Crippen LogP contribution in [-0.2, 0) is 11.2 Å². The molecule has 0 saturated carbocycles. The standard InChI is InChI=1S/C17H19N3O3/c1-12-9-14(23-19-12)10-16(21)20-8-4-5-13(11-20)17(22)15-6-2-3-7-18-15/h2-3,6-7,9,13H,4-5,8,10-11H2,1H3. The molecule has 6 nitrogen and oxygen atoms in total. The number of ketones is 1. The van der Waals surface area contributed by atoms with Crippen LogP contribution in [-0.4, -0.2) is 39.8 Å². The number of piperidine rings is 1. The van der Waals surface area contributed by atoms with Crippen molar-refractivity contribution in [3.63, 3.8) is 0 Å². The van der Waals surface area contributed by atoms with Gasteiger partial charge in [-0.15, -0.1) is 0 Å². The molecule has 6 heteroatoms. The van der Waals surface area contributed by atoms with Gasteiger partial charge in [0.25, 0.3) is 0 Å². The summed E-state index contributed by atoms with van der Waals surface area (Å²) in [5, 5.41) is 3.79. The zero-order chi connectivity index (χ0) is 16.2. The number of aryl methyl sites for hydroxylation is 1. The number of aromatic nitrogens is 2. The lowest BCUT2D eigenvalue weighted by atomic mass is 9.91. The number of rotatable bonds is 4. The lowest BCUT2D eigenvalue weighted by Crippen LogP contribution is -2.43. The number of carbonyl (C=O) groups is 2. The van der Waals surface area contributed by atoms with E-state index >= 15 is 0 Å². The number of hydrogen-bond acceptors (Lipinski definition) is 5. The Kier molecular flexibility index (Phi) is 4.50. The molecule has 2 aromatic rings. The molecule has 1 aliphatic heterocycles. The minimum Gasteiger partial charge on any atom is -0.361 e. The maximum absolute atomic E-state index is 12.5. The van der Waals surface area contributed by atoms with Crippen LogP contribution in [0.5, 0.6) is 0 Å². The molecule has 2 aromatic heterocycles. The van der Waals surface area contributed by atoms with Gasteiger partial charge in [-0.25, -0.2) is 0 Å². The second-order valence-electron chi connectivity index (χ2n) is 5.87. The Bertz CT molecular complexity index is 696. The lowest BCUT2D eigenvalue weighted by molar-refractivity contribution is -0.132. The maximum atomic E-state index is 12.5. The van der Waals surface area contributed by atoms with Gasteiger partial charge >= 0.3 is 0 Å². The van der Waals surface area contributed by atoms with Crippen molar-refractivity contribution in [1.29, 1.82) is 0 Å². The summed E-state index contributed by atoms with van der Waals surface area (Å²) < 4.78 is 5.09. The summed E-state index contributed by atoms with van der Waals surface area (Å²) in [6.45, 7) is 2.94. The predicted octanol–water partition coefficient (Wildman–Crippen LogP) is 2.04. The van der Waals surface area contributed by atoms with Gasteiger partial charge in [0.05, 0.1) is 12.1 Å². The van der Waals surface area contributed by atoms with Crippen LogP contribution < -0.4 is 0 Å². The molecule has 0 aliphatic carbocycles. The summed E-state index contributed by atoms with van der Waals surface area (Å²) in [6.07, 6.45) is 3.42. The van der Waals surface area contributed by atoms with E-state index < -0.39 is 0 Å². The first-order valence-corrected chi connectivity index (χ1v) is 7.78. The quantitative estimate of drug-likeness (QED) is 0.807. The third kappa shape index (κ3) is 3.64. The van der Waals surface area contributed by atoms with Gasteiger partial charge in [-0.1, -0.05) is 11.2 Å². The molecular weight excluding hydrogens is 294 g/mol. The Morgan fingerprint density at radius 1 is 1.39 bits per heavy atom. The van der Waals surface area contributed by atoms with E-state index in [-0.39, 0.29) is 24.0 Å². The number of Topliss-reactive ketones (excluding diaryl/α,β-unsaturated/α-hetero) is 1. The molecule has 1 aliphatic rings. The molecular formula is C17H19N3O3. The molecule has 0 radical (unpaired) electrons. The van der Waals surface area contributed by atoms with Crippen LogP contribution in [0.25, 0.3) is 0 Å². The number of carbonyl (C=O) groups excluding carboxylic acids is 2. The van der Waals surface area contributed by atoms with Crippen LogP contribution in [0.1, 0.15) is 34.8 Å². The Balaban J connectivity index is 1.63. The zero-order valence-corrected chi connectivity index (χ0v) is 13.1. The smallest absolute Gasteiger partial charge is 0.230 e. The Morgan fingerprint density at radius 2 is 2.26 bits per heavy atom. The monoisotopic (exact) mass is 313 g/mol. The Hall–Kier alpha value is -2.50. The molecule has 1 atom stereocenters. The van der Waals surface area contributed by atoms with E-state index in [2.05, 4.69) is 10.1 Å². The van der Waals surface area contributed by atoms with Gasteiger partial charge in [0.1, 0.15) is 11.5 Å². The molecule has 1 fully saturated rings. The first-order valence-electron chi connectivity index (χ1n) is 7.78. The fraction of sp³-hybridized carbons (Fsp3) is 0.412. The van der Waals surface area contributed by atoms with Crippen molar-refractivity contribution in [3.8, 4) is 0 Å². The maximum Gasteiger partial charge on any atom is 0.230 e. The van der Waals surface area contributed by atoms with E-state index in [0.29, 0.717) is 24.5 Å². The summed E-state index contributed by atoms with van der Waals surface area (Å²) in [4.78, 5) is 30.8. The molecule has 0 N–H and O–H groups in total. The first kappa shape index (κ1) is 15.4. The van der Waals surface area contributed by atoms with Crippen molar-refractivity contribution in [2.24, 2.45) is 5.92 Å². The van der Waals surface area contributed by atoms with Crippen molar-refractivity contribution in [2.75, 3.05) is 13.1 Å².